The quantitative estimate of drug-likeness (QED) is 0.724. The van der Waals surface area contributed by atoms with E-state index in [2.05, 4.69) is 10.5 Å². The highest BCUT2D eigenvalue weighted by molar-refractivity contribution is 5.95. The minimum Gasteiger partial charge on any atom is -0.356 e. The maximum absolute atomic E-state index is 13.3. The number of hydrogen-bond acceptors (Lipinski definition) is 4. The molecule has 2 aromatic carbocycles. The fourth-order valence-electron chi connectivity index (χ4n) is 2.44. The highest BCUT2D eigenvalue weighted by atomic mass is 19.1. The number of hydrogen-bond donors (Lipinski definition) is 2. The first-order valence-electron chi connectivity index (χ1n) is 8.33. The summed E-state index contributed by atoms with van der Waals surface area (Å²) < 4.78 is 18.6. The van der Waals surface area contributed by atoms with Crippen LogP contribution in [0.4, 0.5) is 10.1 Å². The molecule has 134 valence electrons. The number of nitrogens with one attached hydrogen (secondary N) is 1. The molecule has 0 fully saturated rings. The molecule has 1 unspecified atom stereocenters. The standard InChI is InChI=1S/C20H20FN3O2/c1-12(2)19(22)20(25)23-16-8-6-13(7-9-16)17-11-18(26-24-17)14-4-3-5-15(21)10-14/h3-12,19H,22H2,1-2H3,(H,23,25). The maximum Gasteiger partial charge on any atom is 0.241 e. The van der Waals surface area contributed by atoms with Crippen LogP contribution in [-0.2, 0) is 4.79 Å². The number of nitrogens with two attached hydrogens (primary N) is 1. The number of carbonyl (C=O) groups excluding carboxylic acids is 1. The minimum absolute atomic E-state index is 0.0608. The molecule has 5 nitrogen and oxygen atoms in total. The van der Waals surface area contributed by atoms with Crippen LogP contribution in [0.15, 0.2) is 59.1 Å². The Hall–Kier alpha value is -2.99. The third-order valence-electron chi connectivity index (χ3n) is 4.09. The second kappa shape index (κ2) is 7.49. The van der Waals surface area contributed by atoms with Crippen LogP contribution < -0.4 is 11.1 Å². The normalized spacial score (nSPS) is 12.2. The van der Waals surface area contributed by atoms with Crippen LogP contribution >= 0.6 is 0 Å². The number of amides is 1. The Kier molecular flexibility index (Phi) is 5.14. The molecule has 1 heterocycles. The van der Waals surface area contributed by atoms with E-state index in [9.17, 15) is 9.18 Å². The van der Waals surface area contributed by atoms with Crippen molar-refractivity contribution in [1.82, 2.24) is 5.16 Å². The van der Waals surface area contributed by atoms with Crippen molar-refractivity contribution in [2.45, 2.75) is 19.9 Å². The lowest BCUT2D eigenvalue weighted by Crippen LogP contribution is -2.39. The van der Waals surface area contributed by atoms with Crippen molar-refractivity contribution in [3.8, 4) is 22.6 Å². The van der Waals surface area contributed by atoms with Gasteiger partial charge in [0, 0.05) is 22.9 Å². The molecule has 0 saturated carbocycles. The molecule has 1 aromatic heterocycles. The van der Waals surface area contributed by atoms with E-state index in [1.165, 1.54) is 12.1 Å². The molecule has 0 aliphatic carbocycles. The molecule has 0 aliphatic rings. The van der Waals surface area contributed by atoms with Gasteiger partial charge in [0.15, 0.2) is 5.76 Å². The largest absolute Gasteiger partial charge is 0.356 e. The lowest BCUT2D eigenvalue weighted by molar-refractivity contribution is -0.118. The van der Waals surface area contributed by atoms with Crippen LogP contribution in [0.5, 0.6) is 0 Å². The first kappa shape index (κ1) is 17.8. The van der Waals surface area contributed by atoms with Gasteiger partial charge in [0.1, 0.15) is 11.5 Å². The molecule has 3 N–H and O–H groups in total. The summed E-state index contributed by atoms with van der Waals surface area (Å²) in [7, 11) is 0. The molecule has 0 saturated heterocycles. The van der Waals surface area contributed by atoms with Crippen molar-refractivity contribution in [2.24, 2.45) is 11.7 Å². The van der Waals surface area contributed by atoms with Gasteiger partial charge in [-0.05, 0) is 30.2 Å². The number of benzene rings is 2. The van der Waals surface area contributed by atoms with E-state index in [4.69, 9.17) is 10.3 Å². The summed E-state index contributed by atoms with van der Waals surface area (Å²) in [5.41, 5.74) is 8.56. The molecule has 0 bridgehead atoms. The van der Waals surface area contributed by atoms with E-state index in [1.54, 1.807) is 30.3 Å². The summed E-state index contributed by atoms with van der Waals surface area (Å²) >= 11 is 0. The van der Waals surface area contributed by atoms with Gasteiger partial charge >= 0.3 is 0 Å². The first-order chi connectivity index (χ1) is 12.4. The van der Waals surface area contributed by atoms with Crippen LogP contribution in [0.2, 0.25) is 0 Å². The van der Waals surface area contributed by atoms with Crippen molar-refractivity contribution in [3.63, 3.8) is 0 Å². The van der Waals surface area contributed by atoms with E-state index in [0.29, 0.717) is 22.7 Å². The van der Waals surface area contributed by atoms with Crippen LogP contribution in [0.3, 0.4) is 0 Å². The van der Waals surface area contributed by atoms with Crippen molar-refractivity contribution in [1.29, 1.82) is 0 Å². The minimum atomic E-state index is -0.556. The van der Waals surface area contributed by atoms with Gasteiger partial charge in [-0.25, -0.2) is 4.39 Å². The van der Waals surface area contributed by atoms with Gasteiger partial charge < -0.3 is 15.6 Å². The van der Waals surface area contributed by atoms with E-state index < -0.39 is 6.04 Å². The topological polar surface area (TPSA) is 81.2 Å². The van der Waals surface area contributed by atoms with Gasteiger partial charge in [-0.15, -0.1) is 0 Å². The predicted molar refractivity (Wildman–Crippen MR) is 98.8 cm³/mol. The molecule has 3 aromatic rings. The zero-order chi connectivity index (χ0) is 18.7. The first-order valence-corrected chi connectivity index (χ1v) is 8.33. The molecule has 26 heavy (non-hydrogen) atoms. The molecule has 6 heteroatoms. The Morgan fingerprint density at radius 3 is 2.50 bits per heavy atom. The number of carbonyl (C=O) groups is 1. The van der Waals surface area contributed by atoms with Crippen molar-refractivity contribution < 1.29 is 13.7 Å². The summed E-state index contributed by atoms with van der Waals surface area (Å²) in [5.74, 6) is -0.00633. The highest BCUT2D eigenvalue weighted by Gasteiger charge is 2.17. The van der Waals surface area contributed by atoms with Crippen molar-refractivity contribution >= 4 is 11.6 Å². The predicted octanol–water partition coefficient (Wildman–Crippen LogP) is 4.07. The zero-order valence-electron chi connectivity index (χ0n) is 14.6. The van der Waals surface area contributed by atoms with Crippen LogP contribution in [0.25, 0.3) is 22.6 Å². The van der Waals surface area contributed by atoms with E-state index in [1.807, 2.05) is 26.0 Å². The Morgan fingerprint density at radius 1 is 1.12 bits per heavy atom. The zero-order valence-corrected chi connectivity index (χ0v) is 14.6. The lowest BCUT2D eigenvalue weighted by atomic mass is 10.0. The Bertz CT molecular complexity index is 903. The fourth-order valence-corrected chi connectivity index (χ4v) is 2.44. The second-order valence-electron chi connectivity index (χ2n) is 6.42. The third kappa shape index (κ3) is 3.97. The van der Waals surface area contributed by atoms with Crippen molar-refractivity contribution in [2.75, 3.05) is 5.32 Å². The van der Waals surface area contributed by atoms with Gasteiger partial charge in [-0.3, -0.25) is 4.79 Å². The SMILES string of the molecule is CC(C)C(N)C(=O)Nc1ccc(-c2cc(-c3cccc(F)c3)on2)cc1. The number of rotatable bonds is 5. The molecule has 1 amide bonds. The summed E-state index contributed by atoms with van der Waals surface area (Å²) in [6.45, 7) is 3.79. The molecule has 1 atom stereocenters. The Morgan fingerprint density at radius 2 is 1.85 bits per heavy atom. The summed E-state index contributed by atoms with van der Waals surface area (Å²) in [5, 5.41) is 6.82. The molecular formula is C20H20FN3O2. The average molecular weight is 353 g/mol. The van der Waals surface area contributed by atoms with Crippen molar-refractivity contribution in [3.05, 3.63) is 60.4 Å². The Labute approximate surface area is 151 Å². The third-order valence-corrected chi connectivity index (χ3v) is 4.09. The van der Waals surface area contributed by atoms with E-state index in [-0.39, 0.29) is 17.6 Å². The monoisotopic (exact) mass is 353 g/mol. The summed E-state index contributed by atoms with van der Waals surface area (Å²) in [6, 6.07) is 14.5. The van der Waals surface area contributed by atoms with Crippen LogP contribution in [0.1, 0.15) is 13.8 Å². The van der Waals surface area contributed by atoms with Crippen LogP contribution in [-0.4, -0.2) is 17.1 Å². The van der Waals surface area contributed by atoms with Gasteiger partial charge in [0.2, 0.25) is 5.91 Å². The molecular weight excluding hydrogens is 333 g/mol. The average Bonchev–Trinajstić information content (AvgIpc) is 3.11. The smallest absolute Gasteiger partial charge is 0.241 e. The summed E-state index contributed by atoms with van der Waals surface area (Å²) in [6.07, 6.45) is 0. The molecule has 0 radical (unpaired) electrons. The van der Waals surface area contributed by atoms with Gasteiger partial charge in [0.05, 0.1) is 6.04 Å². The molecule has 0 spiro atoms. The van der Waals surface area contributed by atoms with Crippen LogP contribution in [0, 0.1) is 11.7 Å². The molecule has 3 rings (SSSR count). The molecule has 0 aliphatic heterocycles. The van der Waals surface area contributed by atoms with E-state index in [0.717, 1.165) is 5.56 Å². The number of halogens is 1. The maximum atomic E-state index is 13.3. The summed E-state index contributed by atoms with van der Waals surface area (Å²) in [4.78, 5) is 12.0. The number of nitrogens with zero attached hydrogens (tertiary/aromatic N) is 1. The Balaban J connectivity index is 1.74. The highest BCUT2D eigenvalue weighted by Crippen LogP contribution is 2.27. The van der Waals surface area contributed by atoms with Gasteiger partial charge in [-0.1, -0.05) is 43.3 Å². The number of aromatic nitrogens is 1. The number of anilines is 1. The van der Waals surface area contributed by atoms with Gasteiger partial charge in [0.25, 0.3) is 0 Å². The second-order valence-corrected chi connectivity index (χ2v) is 6.42. The fraction of sp³-hybridized carbons (Fsp3) is 0.200. The lowest BCUT2D eigenvalue weighted by Gasteiger charge is -2.15. The van der Waals surface area contributed by atoms with E-state index >= 15 is 0 Å². The van der Waals surface area contributed by atoms with Gasteiger partial charge in [-0.2, -0.15) is 0 Å².